The second-order valence-electron chi connectivity index (χ2n) is 4.23. The van der Waals surface area contributed by atoms with Crippen LogP contribution in [0.1, 0.15) is 16.8 Å². The first-order chi connectivity index (χ1) is 8.93. The Morgan fingerprint density at radius 1 is 1.53 bits per heavy atom. The molecule has 19 heavy (non-hydrogen) atoms. The van der Waals surface area contributed by atoms with Gasteiger partial charge in [-0.05, 0) is 24.3 Å². The first-order valence-corrected chi connectivity index (χ1v) is 8.27. The zero-order valence-electron chi connectivity index (χ0n) is 10.3. The molecule has 6 nitrogen and oxygen atoms in total. The summed E-state index contributed by atoms with van der Waals surface area (Å²) in [6.45, 7) is 0. The normalized spacial score (nSPS) is 19.8. The van der Waals surface area contributed by atoms with E-state index >= 15 is 0 Å². The average Bonchev–Trinajstić information content (AvgIpc) is 2.91. The molecule has 1 saturated heterocycles. The van der Waals surface area contributed by atoms with Gasteiger partial charge in [0.2, 0.25) is 0 Å². The molecule has 0 saturated carbocycles. The van der Waals surface area contributed by atoms with Crippen molar-refractivity contribution in [3.63, 3.8) is 0 Å². The first kappa shape index (κ1) is 14.3. The number of pyridine rings is 1. The Hall–Kier alpha value is -1.12. The Morgan fingerprint density at radius 3 is 2.74 bits per heavy atom. The number of thioether (sulfide) groups is 1. The quantitative estimate of drug-likeness (QED) is 0.889. The Morgan fingerprint density at radius 2 is 2.26 bits per heavy atom. The highest BCUT2D eigenvalue weighted by Gasteiger charge is 2.31. The zero-order chi connectivity index (χ0) is 14.0. The molecule has 2 rings (SSSR count). The molecular formula is C11H14N2O4S2. The molecular weight excluding hydrogens is 288 g/mol. The maximum absolute atomic E-state index is 12.3. The van der Waals surface area contributed by atoms with Crippen LogP contribution in [0.4, 0.5) is 0 Å². The van der Waals surface area contributed by atoms with Crippen molar-refractivity contribution in [1.82, 2.24) is 9.29 Å². The van der Waals surface area contributed by atoms with Crippen LogP contribution in [0.2, 0.25) is 0 Å². The van der Waals surface area contributed by atoms with Gasteiger partial charge in [-0.1, -0.05) is 0 Å². The minimum atomic E-state index is -3.65. The highest BCUT2D eigenvalue weighted by atomic mass is 32.2. The molecule has 2 heterocycles. The minimum Gasteiger partial charge on any atom is -0.478 e. The highest BCUT2D eigenvalue weighted by Crippen LogP contribution is 2.25. The van der Waals surface area contributed by atoms with Gasteiger partial charge in [0.05, 0.1) is 5.56 Å². The van der Waals surface area contributed by atoms with Gasteiger partial charge in [0.1, 0.15) is 0 Å². The molecule has 1 N–H and O–H groups in total. The van der Waals surface area contributed by atoms with Gasteiger partial charge in [0.25, 0.3) is 10.0 Å². The molecule has 0 spiro atoms. The number of nitrogens with zero attached hydrogens (tertiary/aromatic N) is 2. The number of carbonyl (C=O) groups is 1. The predicted molar refractivity (Wildman–Crippen MR) is 71.9 cm³/mol. The van der Waals surface area contributed by atoms with Crippen molar-refractivity contribution in [2.45, 2.75) is 17.5 Å². The van der Waals surface area contributed by atoms with Crippen LogP contribution in [0.25, 0.3) is 0 Å². The molecule has 1 aromatic rings. The van der Waals surface area contributed by atoms with Crippen molar-refractivity contribution in [1.29, 1.82) is 0 Å². The van der Waals surface area contributed by atoms with Crippen molar-refractivity contribution in [3.8, 4) is 0 Å². The third kappa shape index (κ3) is 2.90. The van der Waals surface area contributed by atoms with E-state index in [1.54, 1.807) is 18.8 Å². The fourth-order valence-corrected chi connectivity index (χ4v) is 4.47. The molecule has 1 aliphatic rings. The number of carboxylic acids is 1. The van der Waals surface area contributed by atoms with Crippen LogP contribution in [0.5, 0.6) is 0 Å². The lowest BCUT2D eigenvalue weighted by atomic mass is 10.3. The third-order valence-electron chi connectivity index (χ3n) is 3.05. The Balaban J connectivity index is 2.25. The largest absolute Gasteiger partial charge is 0.478 e. The smallest absolute Gasteiger partial charge is 0.337 e. The lowest BCUT2D eigenvalue weighted by Crippen LogP contribution is -2.37. The summed E-state index contributed by atoms with van der Waals surface area (Å²) >= 11 is 1.72. The van der Waals surface area contributed by atoms with E-state index in [1.165, 1.54) is 16.4 Å². The topological polar surface area (TPSA) is 87.6 Å². The van der Waals surface area contributed by atoms with Gasteiger partial charge in [-0.25, -0.2) is 18.2 Å². The highest BCUT2D eigenvalue weighted by molar-refractivity contribution is 7.99. The third-order valence-corrected chi connectivity index (χ3v) is 6.02. The first-order valence-electron chi connectivity index (χ1n) is 5.68. The van der Waals surface area contributed by atoms with E-state index in [0.717, 1.165) is 24.1 Å². The van der Waals surface area contributed by atoms with E-state index in [4.69, 9.17) is 5.11 Å². The molecule has 8 heteroatoms. The number of aromatic carboxylic acids is 1. The molecule has 0 aromatic carbocycles. The van der Waals surface area contributed by atoms with Crippen molar-refractivity contribution in [3.05, 3.63) is 23.9 Å². The molecule has 1 fully saturated rings. The molecule has 1 aliphatic heterocycles. The fraction of sp³-hybridized carbons (Fsp3) is 0.455. The number of aromatic nitrogens is 1. The fourth-order valence-electron chi connectivity index (χ4n) is 1.81. The van der Waals surface area contributed by atoms with Crippen LogP contribution in [-0.2, 0) is 10.0 Å². The SMILES string of the molecule is CN(C1CCSC1)S(=O)(=O)c1ccc(C(=O)O)cn1. The number of sulfonamides is 1. The summed E-state index contributed by atoms with van der Waals surface area (Å²) in [7, 11) is -2.11. The van der Waals surface area contributed by atoms with E-state index in [0.29, 0.717) is 0 Å². The van der Waals surface area contributed by atoms with E-state index in [9.17, 15) is 13.2 Å². The maximum atomic E-state index is 12.3. The second-order valence-corrected chi connectivity index (χ2v) is 7.32. The summed E-state index contributed by atoms with van der Waals surface area (Å²) in [5.41, 5.74) is -0.0296. The minimum absolute atomic E-state index is 0.0176. The van der Waals surface area contributed by atoms with Gasteiger partial charge < -0.3 is 5.11 Å². The predicted octanol–water partition coefficient (Wildman–Crippen LogP) is 0.906. The Labute approximate surface area is 115 Å². The summed E-state index contributed by atoms with van der Waals surface area (Å²) < 4.78 is 25.9. The van der Waals surface area contributed by atoms with Crippen LogP contribution in [0.15, 0.2) is 23.4 Å². The van der Waals surface area contributed by atoms with E-state index < -0.39 is 16.0 Å². The molecule has 1 unspecified atom stereocenters. The molecule has 1 atom stereocenters. The second kappa shape index (κ2) is 5.48. The van der Waals surface area contributed by atoms with E-state index in [2.05, 4.69) is 4.98 Å². The average molecular weight is 302 g/mol. The number of hydrogen-bond donors (Lipinski definition) is 1. The van der Waals surface area contributed by atoms with Crippen LogP contribution >= 0.6 is 11.8 Å². The van der Waals surface area contributed by atoms with Gasteiger partial charge in [-0.2, -0.15) is 16.1 Å². The van der Waals surface area contributed by atoms with Gasteiger partial charge in [0.15, 0.2) is 5.03 Å². The van der Waals surface area contributed by atoms with E-state index in [-0.39, 0.29) is 16.6 Å². The Bertz CT molecular complexity index is 565. The molecule has 0 bridgehead atoms. The van der Waals surface area contributed by atoms with Crippen molar-refractivity contribution in [2.24, 2.45) is 0 Å². The Kier molecular flexibility index (Phi) is 4.12. The zero-order valence-corrected chi connectivity index (χ0v) is 11.9. The number of hydrogen-bond acceptors (Lipinski definition) is 5. The van der Waals surface area contributed by atoms with Crippen molar-refractivity contribution >= 4 is 27.8 Å². The van der Waals surface area contributed by atoms with Gasteiger partial charge in [-0.15, -0.1) is 0 Å². The van der Waals surface area contributed by atoms with Gasteiger partial charge >= 0.3 is 5.97 Å². The number of carboxylic acid groups (broad SMARTS) is 1. The van der Waals surface area contributed by atoms with Crippen LogP contribution in [-0.4, -0.2) is 53.4 Å². The summed E-state index contributed by atoms with van der Waals surface area (Å²) in [6.07, 6.45) is 1.89. The maximum Gasteiger partial charge on any atom is 0.337 e. The molecule has 104 valence electrons. The van der Waals surface area contributed by atoms with Crippen molar-refractivity contribution < 1.29 is 18.3 Å². The molecule has 0 amide bonds. The number of rotatable bonds is 4. The van der Waals surface area contributed by atoms with Gasteiger partial charge in [0, 0.05) is 25.0 Å². The van der Waals surface area contributed by atoms with Crippen LogP contribution in [0.3, 0.4) is 0 Å². The molecule has 0 radical (unpaired) electrons. The summed E-state index contributed by atoms with van der Waals surface area (Å²) in [5, 5.41) is 8.64. The van der Waals surface area contributed by atoms with Crippen molar-refractivity contribution in [2.75, 3.05) is 18.6 Å². The van der Waals surface area contributed by atoms with Crippen LogP contribution in [0, 0.1) is 0 Å². The lowest BCUT2D eigenvalue weighted by molar-refractivity contribution is 0.0696. The van der Waals surface area contributed by atoms with Crippen LogP contribution < -0.4 is 0 Å². The van der Waals surface area contributed by atoms with E-state index in [1.807, 2.05) is 0 Å². The monoisotopic (exact) mass is 302 g/mol. The summed E-state index contributed by atoms with van der Waals surface area (Å²) in [4.78, 5) is 14.4. The molecule has 0 aliphatic carbocycles. The summed E-state index contributed by atoms with van der Waals surface area (Å²) in [5.74, 6) is 0.607. The molecule has 1 aromatic heterocycles. The standard InChI is InChI=1S/C11H14N2O4S2/c1-13(9-4-5-18-7-9)19(16,17)10-3-2-8(6-12-10)11(14)15/h2-3,6,9H,4-5,7H2,1H3,(H,14,15). The summed E-state index contributed by atoms with van der Waals surface area (Å²) in [6, 6.07) is 2.47. The lowest BCUT2D eigenvalue weighted by Gasteiger charge is -2.22. The van der Waals surface area contributed by atoms with Gasteiger partial charge in [-0.3, -0.25) is 0 Å².